The third-order valence-corrected chi connectivity index (χ3v) is 4.31. The van der Waals surface area contributed by atoms with Gasteiger partial charge in [0.05, 0.1) is 6.04 Å². The van der Waals surface area contributed by atoms with Crippen LogP contribution >= 0.6 is 22.6 Å². The molecule has 3 aromatic rings. The summed E-state index contributed by atoms with van der Waals surface area (Å²) in [6, 6.07) is 16.7. The second-order valence-electron chi connectivity index (χ2n) is 5.24. The number of hydrogen-bond acceptors (Lipinski definition) is 3. The molecule has 21 heavy (non-hydrogen) atoms. The lowest BCUT2D eigenvalue weighted by atomic mass is 10.0. The number of fused-ring (bicyclic) bond motifs is 1. The minimum Gasteiger partial charge on any atom is -0.459 e. The molecule has 0 fully saturated rings. The molecule has 0 radical (unpaired) electrons. The Bertz CT molecular complexity index is 749. The van der Waals surface area contributed by atoms with Gasteiger partial charge in [-0.1, -0.05) is 23.8 Å². The van der Waals surface area contributed by atoms with Gasteiger partial charge in [-0.3, -0.25) is 5.84 Å². The maximum atomic E-state index is 5.93. The molecule has 1 heterocycles. The first-order valence-corrected chi connectivity index (χ1v) is 7.94. The van der Waals surface area contributed by atoms with Crippen molar-refractivity contribution in [1.82, 2.24) is 5.43 Å². The molecule has 2 aromatic carbocycles. The van der Waals surface area contributed by atoms with Crippen LogP contribution in [0.3, 0.4) is 0 Å². The summed E-state index contributed by atoms with van der Waals surface area (Å²) < 4.78 is 7.16. The van der Waals surface area contributed by atoms with Crippen LogP contribution in [0.5, 0.6) is 0 Å². The van der Waals surface area contributed by atoms with E-state index >= 15 is 0 Å². The molecule has 3 nitrogen and oxygen atoms in total. The van der Waals surface area contributed by atoms with Crippen LogP contribution in [0.15, 0.2) is 52.9 Å². The van der Waals surface area contributed by atoms with Gasteiger partial charge in [-0.25, -0.2) is 5.43 Å². The lowest BCUT2D eigenvalue weighted by Crippen LogP contribution is -2.29. The van der Waals surface area contributed by atoms with Crippen molar-refractivity contribution in [2.45, 2.75) is 19.4 Å². The Morgan fingerprint density at radius 1 is 1.14 bits per heavy atom. The maximum absolute atomic E-state index is 5.93. The van der Waals surface area contributed by atoms with Gasteiger partial charge in [0.1, 0.15) is 11.3 Å². The van der Waals surface area contributed by atoms with E-state index in [0.29, 0.717) is 0 Å². The van der Waals surface area contributed by atoms with Gasteiger partial charge in [-0.05, 0) is 71.8 Å². The molecule has 1 atom stereocenters. The summed E-state index contributed by atoms with van der Waals surface area (Å²) in [6.45, 7) is 2.08. The number of aryl methyl sites for hydroxylation is 1. The monoisotopic (exact) mass is 392 g/mol. The van der Waals surface area contributed by atoms with Crippen LogP contribution in [0.1, 0.15) is 22.9 Å². The Hall–Kier alpha value is -1.37. The van der Waals surface area contributed by atoms with Gasteiger partial charge in [0.2, 0.25) is 0 Å². The lowest BCUT2D eigenvalue weighted by Gasteiger charge is -2.13. The van der Waals surface area contributed by atoms with E-state index in [1.54, 1.807) is 0 Å². The first-order chi connectivity index (χ1) is 10.2. The molecule has 0 aliphatic heterocycles. The number of halogens is 1. The van der Waals surface area contributed by atoms with Crippen molar-refractivity contribution in [2.75, 3.05) is 0 Å². The van der Waals surface area contributed by atoms with Crippen LogP contribution in [0.2, 0.25) is 0 Å². The Kier molecular flexibility index (Phi) is 4.28. The van der Waals surface area contributed by atoms with Gasteiger partial charge in [0, 0.05) is 8.96 Å². The average Bonchev–Trinajstić information content (AvgIpc) is 2.89. The first-order valence-electron chi connectivity index (χ1n) is 6.86. The van der Waals surface area contributed by atoms with E-state index < -0.39 is 0 Å². The second-order valence-corrected chi connectivity index (χ2v) is 6.49. The number of benzene rings is 2. The van der Waals surface area contributed by atoms with Gasteiger partial charge in [0.15, 0.2) is 0 Å². The minimum atomic E-state index is -0.0298. The first kappa shape index (κ1) is 14.6. The molecule has 4 heteroatoms. The third-order valence-electron chi connectivity index (χ3n) is 3.59. The summed E-state index contributed by atoms with van der Waals surface area (Å²) in [4.78, 5) is 0. The molecule has 1 aromatic heterocycles. The molecule has 3 rings (SSSR count). The molecular formula is C17H17IN2O. The van der Waals surface area contributed by atoms with Gasteiger partial charge >= 0.3 is 0 Å². The standard InChI is InChI=1S/C17H17IN2O/c1-11-2-7-16-13(8-11)10-17(21-16)15(20-19)9-12-3-5-14(18)6-4-12/h2-8,10,15,20H,9,19H2,1H3. The summed E-state index contributed by atoms with van der Waals surface area (Å²) in [5.74, 6) is 6.59. The fourth-order valence-electron chi connectivity index (χ4n) is 2.45. The summed E-state index contributed by atoms with van der Waals surface area (Å²) in [5.41, 5.74) is 6.22. The van der Waals surface area contributed by atoms with Crippen LogP contribution in [0.4, 0.5) is 0 Å². The van der Waals surface area contributed by atoms with Gasteiger partial charge in [-0.2, -0.15) is 0 Å². The van der Waals surface area contributed by atoms with E-state index in [1.807, 2.05) is 6.07 Å². The quantitative estimate of drug-likeness (QED) is 0.400. The molecule has 108 valence electrons. The fraction of sp³-hybridized carbons (Fsp3) is 0.176. The van der Waals surface area contributed by atoms with Crippen LogP contribution in [-0.4, -0.2) is 0 Å². The molecule has 1 unspecified atom stereocenters. The SMILES string of the molecule is Cc1ccc2oc(C(Cc3ccc(I)cc3)NN)cc2c1. The minimum absolute atomic E-state index is 0.0298. The summed E-state index contributed by atoms with van der Waals surface area (Å²) >= 11 is 2.30. The highest BCUT2D eigenvalue weighted by molar-refractivity contribution is 14.1. The molecular weight excluding hydrogens is 375 g/mol. The van der Waals surface area contributed by atoms with Gasteiger partial charge < -0.3 is 4.42 Å². The lowest BCUT2D eigenvalue weighted by molar-refractivity contribution is 0.434. The smallest absolute Gasteiger partial charge is 0.134 e. The number of hydrazine groups is 1. The van der Waals surface area contributed by atoms with Crippen molar-refractivity contribution in [3.8, 4) is 0 Å². The zero-order valence-electron chi connectivity index (χ0n) is 11.8. The van der Waals surface area contributed by atoms with Crippen molar-refractivity contribution < 1.29 is 4.42 Å². The van der Waals surface area contributed by atoms with Crippen LogP contribution < -0.4 is 11.3 Å². The number of rotatable bonds is 4. The zero-order valence-corrected chi connectivity index (χ0v) is 13.9. The van der Waals surface area contributed by atoms with Crippen molar-refractivity contribution >= 4 is 33.6 Å². The highest BCUT2D eigenvalue weighted by atomic mass is 127. The fourth-order valence-corrected chi connectivity index (χ4v) is 2.81. The number of hydrogen-bond donors (Lipinski definition) is 2. The Balaban J connectivity index is 1.88. The summed E-state index contributed by atoms with van der Waals surface area (Å²) in [6.07, 6.45) is 0.798. The molecule has 3 N–H and O–H groups in total. The average molecular weight is 392 g/mol. The van der Waals surface area contributed by atoms with Crippen LogP contribution in [0.25, 0.3) is 11.0 Å². The predicted octanol–water partition coefficient (Wildman–Crippen LogP) is 4.09. The van der Waals surface area contributed by atoms with Gasteiger partial charge in [-0.15, -0.1) is 0 Å². The topological polar surface area (TPSA) is 51.2 Å². The van der Waals surface area contributed by atoms with Crippen LogP contribution in [0, 0.1) is 10.5 Å². The highest BCUT2D eigenvalue weighted by Crippen LogP contribution is 2.26. The van der Waals surface area contributed by atoms with E-state index in [-0.39, 0.29) is 6.04 Å². The normalized spacial score (nSPS) is 12.7. The Morgan fingerprint density at radius 2 is 1.90 bits per heavy atom. The molecule has 0 saturated heterocycles. The van der Waals surface area contributed by atoms with Crippen molar-refractivity contribution in [3.63, 3.8) is 0 Å². The van der Waals surface area contributed by atoms with Crippen LogP contribution in [-0.2, 0) is 6.42 Å². The molecule has 0 aliphatic carbocycles. The number of furan rings is 1. The van der Waals surface area contributed by atoms with Gasteiger partial charge in [0.25, 0.3) is 0 Å². The third kappa shape index (κ3) is 3.28. The molecule has 0 bridgehead atoms. The van der Waals surface area contributed by atoms with E-state index in [1.165, 1.54) is 14.7 Å². The maximum Gasteiger partial charge on any atom is 0.134 e. The number of nitrogens with two attached hydrogens (primary N) is 1. The second kappa shape index (κ2) is 6.17. The summed E-state index contributed by atoms with van der Waals surface area (Å²) in [5, 5.41) is 1.12. The van der Waals surface area contributed by atoms with Crippen molar-refractivity contribution in [1.29, 1.82) is 0 Å². The Labute approximate surface area is 137 Å². The van der Waals surface area contributed by atoms with Crippen molar-refractivity contribution in [2.24, 2.45) is 5.84 Å². The molecule has 0 amide bonds. The van der Waals surface area contributed by atoms with E-state index in [0.717, 1.165) is 23.2 Å². The van der Waals surface area contributed by atoms with E-state index in [9.17, 15) is 0 Å². The molecule has 0 spiro atoms. The molecule has 0 aliphatic rings. The van der Waals surface area contributed by atoms with Crippen molar-refractivity contribution in [3.05, 3.63) is 69.0 Å². The Morgan fingerprint density at radius 3 is 2.62 bits per heavy atom. The summed E-state index contributed by atoms with van der Waals surface area (Å²) in [7, 11) is 0. The van der Waals surface area contributed by atoms with E-state index in [4.69, 9.17) is 10.3 Å². The largest absolute Gasteiger partial charge is 0.459 e. The molecule has 0 saturated carbocycles. The highest BCUT2D eigenvalue weighted by Gasteiger charge is 2.15. The van der Waals surface area contributed by atoms with E-state index in [2.05, 4.69) is 77.4 Å². The predicted molar refractivity (Wildman–Crippen MR) is 93.9 cm³/mol. The number of nitrogens with one attached hydrogen (secondary N) is 1. The zero-order chi connectivity index (χ0) is 14.8.